The van der Waals surface area contributed by atoms with Gasteiger partial charge in [-0.15, -0.1) is 0 Å². The molecule has 5 aromatic heterocycles. The number of amides is 1. The molecule has 32 heteroatoms. The van der Waals surface area contributed by atoms with Crippen LogP contribution >= 0.6 is 23.2 Å². The summed E-state index contributed by atoms with van der Waals surface area (Å²) in [7, 11) is -0.294. The number of piperidine rings is 2. The topological polar surface area (TPSA) is 251 Å². The van der Waals surface area contributed by atoms with E-state index >= 15 is 0 Å². The predicted molar refractivity (Wildman–Crippen MR) is 308 cm³/mol. The number of carboxylic acid groups (broad SMARTS) is 1. The zero-order valence-corrected chi connectivity index (χ0v) is 57.0. The van der Waals surface area contributed by atoms with E-state index < -0.39 is 35.4 Å². The monoisotopic (exact) mass is 1310 g/mol. The van der Waals surface area contributed by atoms with Gasteiger partial charge in [-0.3, -0.25) is 18.9 Å². The molecular formula is C54H79BCl2F5K2N13O9. The van der Waals surface area contributed by atoms with Crippen molar-refractivity contribution in [2.75, 3.05) is 32.7 Å². The number of alkyl halides is 3. The molecule has 86 heavy (non-hydrogen) atoms. The molecule has 1 aliphatic carbocycles. The standard InChI is InChI=1S/C17H21ClFN5O2.C15H25BN2O2.C15H19ClFN5.C3H4NO3.C2HF3O2.2CH4.2K.H/c1-17(2,3)26-16(25)23-6-4-12(5-7-23)24-10-11(8-21-24)14-13(19)9-20-15(18)22-14;1-14(2)15(3,4)20-16(19-14)12-10-17-18(11-12)13-8-6-5-7-9-13;1-2-5-21-6-3-12(4-7-21)22-10-11(8-19-22)14-13(17)9-18-15(16)20-14;1-3(5)7-6-2-4;3-2(4,5)1(6)7;;;;;/h8-10,12H,4-7H2,1-3H3;10-11,13H,5-9H2,1-4H3;8-10,12H,2-7H2,1H3;2H,1H3;(H,6,7);2*1H4;;;/q;;;-1;;;;2*+1;-1. The van der Waals surface area contributed by atoms with Gasteiger partial charge in [-0.1, -0.05) is 41.0 Å². The minimum Gasteiger partial charge on any atom is -1.00 e. The Labute approximate surface area is 597 Å². The Kier molecular flexibility index (Phi) is 35.1. The number of rotatable bonds is 10. The van der Waals surface area contributed by atoms with Crippen LogP contribution in [-0.4, -0.2) is 151 Å². The summed E-state index contributed by atoms with van der Waals surface area (Å²) in [5, 5.41) is 28.1. The van der Waals surface area contributed by atoms with Gasteiger partial charge < -0.3 is 40.7 Å². The van der Waals surface area contributed by atoms with E-state index in [1.54, 1.807) is 28.2 Å². The van der Waals surface area contributed by atoms with E-state index in [4.69, 9.17) is 52.6 Å². The van der Waals surface area contributed by atoms with Crippen molar-refractivity contribution in [2.24, 2.45) is 0 Å². The smallest absolute Gasteiger partial charge is 1.00 e. The van der Waals surface area contributed by atoms with Crippen LogP contribution in [0.2, 0.25) is 10.6 Å². The van der Waals surface area contributed by atoms with Crippen LogP contribution in [-0.2, 0) is 33.4 Å². The first-order chi connectivity index (χ1) is 38.5. The maximum absolute atomic E-state index is 13.9. The molecule has 4 aliphatic rings. The molecule has 1 amide bonds. The van der Waals surface area contributed by atoms with Gasteiger partial charge in [0.15, 0.2) is 11.6 Å². The number of carbonyl (C=O) groups is 3. The number of likely N-dealkylation sites (tertiary alicyclic amines) is 2. The van der Waals surface area contributed by atoms with E-state index in [0.717, 1.165) is 70.1 Å². The average Bonchev–Trinajstić information content (AvgIpc) is 1.76. The Morgan fingerprint density at radius 3 is 1.56 bits per heavy atom. The minimum atomic E-state index is -5.08. The van der Waals surface area contributed by atoms with Gasteiger partial charge in [-0.25, -0.2) is 43.1 Å². The molecule has 8 heterocycles. The van der Waals surface area contributed by atoms with E-state index in [1.165, 1.54) is 38.5 Å². The van der Waals surface area contributed by atoms with E-state index in [-0.39, 0.29) is 178 Å². The first-order valence-electron chi connectivity index (χ1n) is 26.7. The van der Waals surface area contributed by atoms with Crippen molar-refractivity contribution in [3.05, 3.63) is 77.2 Å². The molecule has 0 radical (unpaired) electrons. The molecule has 1 saturated carbocycles. The van der Waals surface area contributed by atoms with Crippen molar-refractivity contribution in [3.63, 3.8) is 0 Å². The number of aromatic nitrogens is 10. The van der Waals surface area contributed by atoms with E-state index in [9.17, 15) is 31.5 Å². The van der Waals surface area contributed by atoms with Crippen LogP contribution in [0.4, 0.5) is 26.7 Å². The summed E-state index contributed by atoms with van der Waals surface area (Å²) >= 11 is 11.5. The summed E-state index contributed by atoms with van der Waals surface area (Å²) in [5.74, 6) is -4.40. The first-order valence-corrected chi connectivity index (χ1v) is 27.4. The quantitative estimate of drug-likeness (QED) is 0.0336. The normalized spacial score (nSPS) is 16.7. The van der Waals surface area contributed by atoms with Gasteiger partial charge in [-0.05, 0) is 123 Å². The number of halogens is 7. The molecule has 22 nitrogen and oxygen atoms in total. The molecule has 4 fully saturated rings. The second kappa shape index (κ2) is 37.3. The number of aliphatic carboxylic acids is 1. The molecule has 0 atom stereocenters. The second-order valence-corrected chi connectivity index (χ2v) is 22.2. The number of carboxylic acids is 1. The SMILES string of the molecule is C.C.CC(=O)OOC=[N-].CC(C)(C)OC(=O)N1CCC(n2cc(-c3nc(Cl)ncc3F)cn2)CC1.CC1(C)OB(c2cnn(C3CCCCC3)c2)OC1(C)C.CCCN1CCC(n2cc(-c3nc(Cl)ncc3F)cn2)CC1.O=C(O)C(F)(F)F.[H-].[K+].[K+]. The molecule has 5 aromatic rings. The molecule has 0 unspecified atom stereocenters. The Balaban J connectivity index is 0.00000112. The summed E-state index contributed by atoms with van der Waals surface area (Å²) in [6, 6.07) is 1.05. The van der Waals surface area contributed by atoms with Gasteiger partial charge >= 0.3 is 134 Å². The van der Waals surface area contributed by atoms with Crippen LogP contribution in [0.3, 0.4) is 0 Å². The zero-order valence-electron chi connectivity index (χ0n) is 50.3. The third kappa shape index (κ3) is 25.3. The Morgan fingerprint density at radius 2 is 1.16 bits per heavy atom. The molecule has 1 N–H and O–H groups in total. The number of hydrogen-bond donors (Lipinski definition) is 1. The maximum atomic E-state index is 13.9. The van der Waals surface area contributed by atoms with Crippen LogP contribution in [0.5, 0.6) is 0 Å². The summed E-state index contributed by atoms with van der Waals surface area (Å²) in [4.78, 5) is 57.5. The fourth-order valence-corrected chi connectivity index (χ4v) is 9.13. The first kappa shape index (κ1) is 80.9. The molecule has 0 aromatic carbocycles. The van der Waals surface area contributed by atoms with Gasteiger partial charge in [0.1, 0.15) is 17.0 Å². The van der Waals surface area contributed by atoms with Gasteiger partial charge in [0.25, 0.3) is 0 Å². The van der Waals surface area contributed by atoms with Crippen LogP contribution in [0.25, 0.3) is 27.9 Å². The number of hydrogen-bond acceptors (Lipinski definition) is 16. The molecule has 3 aliphatic heterocycles. The summed E-state index contributed by atoms with van der Waals surface area (Å²) in [5.41, 5.74) is 1.47. The molecule has 0 bridgehead atoms. The molecule has 0 spiro atoms. The van der Waals surface area contributed by atoms with E-state index in [0.29, 0.717) is 36.3 Å². The van der Waals surface area contributed by atoms with Gasteiger partial charge in [0, 0.05) is 80.9 Å². The third-order valence-electron chi connectivity index (χ3n) is 13.7. The van der Waals surface area contributed by atoms with Crippen LogP contribution < -0.4 is 108 Å². The zero-order chi connectivity index (χ0) is 60.6. The van der Waals surface area contributed by atoms with Gasteiger partial charge in [0.05, 0.1) is 54.1 Å². The van der Waals surface area contributed by atoms with Crippen molar-refractivity contribution < 1.29 is 169 Å². The van der Waals surface area contributed by atoms with Crippen molar-refractivity contribution in [1.82, 2.24) is 59.1 Å². The van der Waals surface area contributed by atoms with Crippen molar-refractivity contribution in [3.8, 4) is 22.5 Å². The number of carbonyl (C=O) groups excluding carboxylic acids is 2. The second-order valence-electron chi connectivity index (χ2n) is 21.6. The fourth-order valence-electron chi connectivity index (χ4n) is 8.87. The summed E-state index contributed by atoms with van der Waals surface area (Å²) in [6.07, 6.45) is 19.1. The van der Waals surface area contributed by atoms with Gasteiger partial charge in [0.2, 0.25) is 10.6 Å². The summed E-state index contributed by atoms with van der Waals surface area (Å²) in [6.45, 7) is 21.7. The molecule has 3 saturated heterocycles. The largest absolute Gasteiger partial charge is 1.00 e. The maximum Gasteiger partial charge on any atom is 1.00 e. The predicted octanol–water partition coefficient (Wildman–Crippen LogP) is 5.68. The minimum absolute atomic E-state index is 0. The van der Waals surface area contributed by atoms with Crippen molar-refractivity contribution >= 4 is 60.2 Å². The Hall–Kier alpha value is -3.08. The fraction of sp³-hybridized carbons (Fsp3) is 0.611. The van der Waals surface area contributed by atoms with Crippen molar-refractivity contribution in [2.45, 2.75) is 182 Å². The van der Waals surface area contributed by atoms with E-state index in [2.05, 4.69) is 95.4 Å². The molecule has 9 rings (SSSR count). The summed E-state index contributed by atoms with van der Waals surface area (Å²) < 4.78 is 82.8. The van der Waals surface area contributed by atoms with Gasteiger partial charge in [-0.2, -0.15) is 28.5 Å². The Bertz CT molecular complexity index is 2870. The van der Waals surface area contributed by atoms with Crippen molar-refractivity contribution in [1.29, 1.82) is 0 Å². The number of nitrogens with zero attached hydrogens (tertiary/aromatic N) is 13. The van der Waals surface area contributed by atoms with E-state index in [1.807, 2.05) is 37.8 Å². The van der Waals surface area contributed by atoms with Crippen LogP contribution in [0.1, 0.15) is 161 Å². The molecule has 468 valence electrons. The average molecular weight is 1310 g/mol. The van der Waals surface area contributed by atoms with Crippen LogP contribution in [0, 0.1) is 11.6 Å². The third-order valence-corrected chi connectivity index (χ3v) is 14.1. The molecular weight excluding hydrogens is 1230 g/mol. The van der Waals surface area contributed by atoms with Crippen LogP contribution in [0.15, 0.2) is 49.6 Å². The Morgan fingerprint density at radius 1 is 0.744 bits per heavy atom. The number of ether oxygens (including phenoxy) is 1.